The molecule has 1 amide bonds. The van der Waals surface area contributed by atoms with E-state index in [0.717, 1.165) is 36.0 Å². The fourth-order valence-corrected chi connectivity index (χ4v) is 6.66. The van der Waals surface area contributed by atoms with Gasteiger partial charge in [-0.05, 0) is 83.2 Å². The molecule has 3 aromatic rings. The zero-order valence-corrected chi connectivity index (χ0v) is 23.3. The lowest BCUT2D eigenvalue weighted by atomic mass is 10.2. The number of fused-ring (bicyclic) bond motifs is 1. The number of thiazole rings is 1. The number of rotatable bonds is 10. The third kappa shape index (κ3) is 6.18. The number of carbonyl (C=O) groups excluding carboxylic acids is 1. The molecule has 2 heterocycles. The van der Waals surface area contributed by atoms with E-state index in [1.165, 1.54) is 27.8 Å². The Morgan fingerprint density at radius 1 is 1.08 bits per heavy atom. The SMILES string of the molecule is CCOc1cccc2sc(N(CCCN(C)C)C(=O)c3ccc(S(=O)(=O)N4CCCC4)cc3)nc12.Cl. The highest BCUT2D eigenvalue weighted by atomic mass is 35.5. The zero-order chi connectivity index (χ0) is 25.0. The van der Waals surface area contributed by atoms with Crippen LogP contribution in [0.15, 0.2) is 47.4 Å². The monoisotopic (exact) mass is 552 g/mol. The van der Waals surface area contributed by atoms with Crippen molar-refractivity contribution in [3.63, 3.8) is 0 Å². The summed E-state index contributed by atoms with van der Waals surface area (Å²) in [5, 5.41) is 0.602. The third-order valence-corrected chi connectivity index (χ3v) is 8.89. The second kappa shape index (κ2) is 12.3. The van der Waals surface area contributed by atoms with E-state index < -0.39 is 10.0 Å². The van der Waals surface area contributed by atoms with Crippen LogP contribution in [0.4, 0.5) is 5.13 Å². The van der Waals surface area contributed by atoms with Gasteiger partial charge in [0.25, 0.3) is 5.91 Å². The topological polar surface area (TPSA) is 83.0 Å². The number of hydrogen-bond acceptors (Lipinski definition) is 7. The fourth-order valence-electron chi connectivity index (χ4n) is 4.13. The van der Waals surface area contributed by atoms with Crippen molar-refractivity contribution in [3.05, 3.63) is 48.0 Å². The molecule has 0 spiro atoms. The lowest BCUT2D eigenvalue weighted by Gasteiger charge is -2.21. The number of carbonyl (C=O) groups is 1. The van der Waals surface area contributed by atoms with Gasteiger partial charge in [0.15, 0.2) is 5.13 Å². The van der Waals surface area contributed by atoms with Crippen LogP contribution in [0.3, 0.4) is 0 Å². The lowest BCUT2D eigenvalue weighted by molar-refractivity contribution is 0.0986. The van der Waals surface area contributed by atoms with Crippen LogP contribution in [0.25, 0.3) is 10.2 Å². The number of anilines is 1. The molecule has 0 aliphatic carbocycles. The summed E-state index contributed by atoms with van der Waals surface area (Å²) in [6.07, 6.45) is 2.53. The van der Waals surface area contributed by atoms with Gasteiger partial charge in [0.2, 0.25) is 10.0 Å². The highest BCUT2D eigenvalue weighted by molar-refractivity contribution is 7.89. The van der Waals surface area contributed by atoms with E-state index in [1.54, 1.807) is 17.0 Å². The highest BCUT2D eigenvalue weighted by Gasteiger charge is 2.28. The van der Waals surface area contributed by atoms with Crippen LogP contribution < -0.4 is 9.64 Å². The molecule has 0 bridgehead atoms. The van der Waals surface area contributed by atoms with Gasteiger partial charge in [-0.1, -0.05) is 17.4 Å². The maximum absolute atomic E-state index is 13.6. The molecule has 2 aromatic carbocycles. The predicted octanol–water partition coefficient (Wildman–Crippen LogP) is 4.50. The number of nitrogens with zero attached hydrogens (tertiary/aromatic N) is 4. The molecule has 1 fully saturated rings. The summed E-state index contributed by atoms with van der Waals surface area (Å²) in [6.45, 7) is 4.87. The Labute approximate surface area is 223 Å². The average molecular weight is 553 g/mol. The van der Waals surface area contributed by atoms with Crippen LogP contribution in [0.5, 0.6) is 5.75 Å². The quantitative estimate of drug-likeness (QED) is 0.368. The van der Waals surface area contributed by atoms with Crippen LogP contribution in [-0.4, -0.2) is 75.4 Å². The van der Waals surface area contributed by atoms with E-state index in [0.29, 0.717) is 42.7 Å². The van der Waals surface area contributed by atoms with Crippen LogP contribution in [-0.2, 0) is 10.0 Å². The van der Waals surface area contributed by atoms with Crippen molar-refractivity contribution >= 4 is 55.0 Å². The Bertz CT molecular complexity index is 1270. The van der Waals surface area contributed by atoms with Crippen molar-refractivity contribution in [1.29, 1.82) is 0 Å². The van der Waals surface area contributed by atoms with Crippen molar-refractivity contribution in [2.45, 2.75) is 31.1 Å². The molecule has 4 rings (SSSR count). The van der Waals surface area contributed by atoms with Crippen LogP contribution in [0.2, 0.25) is 0 Å². The molecular formula is C25H33ClN4O4S2. The van der Waals surface area contributed by atoms with Crippen LogP contribution in [0.1, 0.15) is 36.5 Å². The van der Waals surface area contributed by atoms with Gasteiger partial charge in [0, 0.05) is 25.2 Å². The van der Waals surface area contributed by atoms with E-state index in [2.05, 4.69) is 4.90 Å². The summed E-state index contributed by atoms with van der Waals surface area (Å²) < 4.78 is 33.9. The summed E-state index contributed by atoms with van der Waals surface area (Å²) in [5.74, 6) is 0.496. The summed E-state index contributed by atoms with van der Waals surface area (Å²) >= 11 is 1.45. The molecule has 0 atom stereocenters. The first-order chi connectivity index (χ1) is 16.8. The molecule has 1 saturated heterocycles. The highest BCUT2D eigenvalue weighted by Crippen LogP contribution is 2.35. The molecular weight excluding hydrogens is 520 g/mol. The lowest BCUT2D eigenvalue weighted by Crippen LogP contribution is -2.33. The summed E-state index contributed by atoms with van der Waals surface area (Å²) in [5.41, 5.74) is 1.17. The number of amides is 1. The first kappa shape index (κ1) is 28.3. The number of ether oxygens (including phenoxy) is 1. The van der Waals surface area contributed by atoms with E-state index >= 15 is 0 Å². The minimum absolute atomic E-state index is 0. The summed E-state index contributed by atoms with van der Waals surface area (Å²) in [4.78, 5) is 22.4. The largest absolute Gasteiger partial charge is 0.492 e. The second-order valence-corrected chi connectivity index (χ2v) is 11.7. The summed E-state index contributed by atoms with van der Waals surface area (Å²) in [7, 11) is 0.469. The molecule has 1 aliphatic heterocycles. The van der Waals surface area contributed by atoms with Crippen molar-refractivity contribution < 1.29 is 17.9 Å². The number of para-hydroxylation sites is 1. The van der Waals surface area contributed by atoms with Crippen molar-refractivity contribution in [2.75, 3.05) is 51.8 Å². The van der Waals surface area contributed by atoms with Crippen molar-refractivity contribution in [2.24, 2.45) is 0 Å². The average Bonchev–Trinajstić information content (AvgIpc) is 3.53. The second-order valence-electron chi connectivity index (χ2n) is 8.78. The standard InChI is InChI=1S/C25H32N4O4S2.ClH/c1-4-33-21-9-7-10-22-23(21)26-25(34-22)29(18-8-15-27(2)3)24(30)19-11-13-20(14-12-19)35(31,32)28-16-5-6-17-28;/h7,9-14H,4-6,8,15-18H2,1-3H3;1H. The first-order valence-corrected chi connectivity index (χ1v) is 14.2. The normalized spacial score (nSPS) is 14.2. The Morgan fingerprint density at radius 2 is 1.78 bits per heavy atom. The van der Waals surface area contributed by atoms with Gasteiger partial charge in [-0.2, -0.15) is 4.31 Å². The number of benzene rings is 2. The van der Waals surface area contributed by atoms with E-state index in [9.17, 15) is 13.2 Å². The molecule has 8 nitrogen and oxygen atoms in total. The van der Waals surface area contributed by atoms with Crippen molar-refractivity contribution in [1.82, 2.24) is 14.2 Å². The molecule has 0 unspecified atom stereocenters. The van der Waals surface area contributed by atoms with E-state index in [-0.39, 0.29) is 23.2 Å². The maximum Gasteiger partial charge on any atom is 0.260 e. The van der Waals surface area contributed by atoms with Gasteiger partial charge in [-0.15, -0.1) is 12.4 Å². The minimum atomic E-state index is -3.53. The first-order valence-electron chi connectivity index (χ1n) is 11.9. The van der Waals surface area contributed by atoms with Gasteiger partial charge in [0.05, 0.1) is 16.2 Å². The maximum atomic E-state index is 13.6. The fraction of sp³-hybridized carbons (Fsp3) is 0.440. The molecule has 0 N–H and O–H groups in total. The Morgan fingerprint density at radius 3 is 2.42 bits per heavy atom. The Balaban J connectivity index is 0.00000361. The molecule has 196 valence electrons. The van der Waals surface area contributed by atoms with Gasteiger partial charge < -0.3 is 9.64 Å². The number of hydrogen-bond donors (Lipinski definition) is 0. The minimum Gasteiger partial charge on any atom is -0.492 e. The molecule has 0 radical (unpaired) electrons. The van der Waals surface area contributed by atoms with E-state index in [1.807, 2.05) is 39.2 Å². The van der Waals surface area contributed by atoms with Crippen molar-refractivity contribution in [3.8, 4) is 5.75 Å². The molecule has 0 saturated carbocycles. The van der Waals surface area contributed by atoms with Gasteiger partial charge in [-0.25, -0.2) is 13.4 Å². The zero-order valence-electron chi connectivity index (χ0n) is 20.8. The molecule has 11 heteroatoms. The third-order valence-electron chi connectivity index (χ3n) is 5.94. The molecule has 1 aromatic heterocycles. The van der Waals surface area contributed by atoms with Crippen LogP contribution in [0, 0.1) is 0 Å². The summed E-state index contributed by atoms with van der Waals surface area (Å²) in [6, 6.07) is 12.0. The van der Waals surface area contributed by atoms with Gasteiger partial charge in [-0.3, -0.25) is 9.69 Å². The number of sulfonamides is 1. The molecule has 1 aliphatic rings. The van der Waals surface area contributed by atoms with E-state index in [4.69, 9.17) is 9.72 Å². The predicted molar refractivity (Wildman–Crippen MR) is 147 cm³/mol. The number of halogens is 1. The smallest absolute Gasteiger partial charge is 0.260 e. The number of aromatic nitrogens is 1. The Kier molecular flexibility index (Phi) is 9.71. The molecule has 36 heavy (non-hydrogen) atoms. The Hall–Kier alpha value is -2.24. The van der Waals surface area contributed by atoms with Gasteiger partial charge in [0.1, 0.15) is 11.3 Å². The van der Waals surface area contributed by atoms with Gasteiger partial charge >= 0.3 is 0 Å². The van der Waals surface area contributed by atoms with Crippen LogP contribution >= 0.6 is 23.7 Å².